The molecule has 0 fully saturated rings. The van der Waals surface area contributed by atoms with E-state index in [0.29, 0.717) is 6.54 Å². The molecule has 0 aliphatic rings. The van der Waals surface area contributed by atoms with E-state index in [4.69, 9.17) is 4.74 Å². The maximum Gasteiger partial charge on any atom is 0.314 e. The Kier molecular flexibility index (Phi) is 5.21. The molecule has 0 unspecified atom stereocenters. The molecule has 0 saturated carbocycles. The van der Waals surface area contributed by atoms with Gasteiger partial charge in [-0.15, -0.1) is 0 Å². The Morgan fingerprint density at radius 2 is 1.84 bits per heavy atom. The average molecular weight is 264 g/mol. The zero-order chi connectivity index (χ0) is 14.5. The molecule has 0 spiro atoms. The van der Waals surface area contributed by atoms with Gasteiger partial charge in [0, 0.05) is 19.0 Å². The maximum atomic E-state index is 11.2. The average Bonchev–Trinajstić information content (AvgIpc) is 2.36. The Balaban J connectivity index is 2.70. The largest absolute Gasteiger partial charge is 0.491 e. The number of hydrogen-bond acceptors (Lipinski definition) is 2. The van der Waals surface area contributed by atoms with Gasteiger partial charge in [0.25, 0.3) is 0 Å². The van der Waals surface area contributed by atoms with E-state index in [9.17, 15) is 4.79 Å². The van der Waals surface area contributed by atoms with E-state index < -0.39 is 0 Å². The molecular weight excluding hydrogens is 240 g/mol. The highest BCUT2D eigenvalue weighted by molar-refractivity contribution is 5.73. The fourth-order valence-electron chi connectivity index (χ4n) is 1.75. The molecule has 19 heavy (non-hydrogen) atoms. The summed E-state index contributed by atoms with van der Waals surface area (Å²) in [6.45, 7) is 8.79. The van der Waals surface area contributed by atoms with Crippen molar-refractivity contribution in [3.8, 4) is 5.75 Å². The monoisotopic (exact) mass is 264 g/mol. The van der Waals surface area contributed by atoms with Crippen LogP contribution >= 0.6 is 0 Å². The first-order valence-electron chi connectivity index (χ1n) is 6.58. The first-order valence-corrected chi connectivity index (χ1v) is 6.58. The number of hydrogen-bond donors (Lipinski definition) is 2. The maximum absolute atomic E-state index is 11.2. The van der Waals surface area contributed by atoms with Crippen LogP contribution in [0.15, 0.2) is 24.3 Å². The van der Waals surface area contributed by atoms with E-state index in [2.05, 4.69) is 24.5 Å². The first-order chi connectivity index (χ1) is 8.85. The van der Waals surface area contributed by atoms with Gasteiger partial charge in [-0.2, -0.15) is 0 Å². The van der Waals surface area contributed by atoms with Gasteiger partial charge in [0.05, 0.1) is 6.10 Å². The van der Waals surface area contributed by atoms with Crippen LogP contribution in [-0.4, -0.2) is 25.7 Å². The minimum atomic E-state index is -0.159. The van der Waals surface area contributed by atoms with Crippen molar-refractivity contribution in [3.05, 3.63) is 29.8 Å². The molecule has 0 aromatic heterocycles. The molecule has 0 atom stereocenters. The summed E-state index contributed by atoms with van der Waals surface area (Å²) in [6, 6.07) is 7.87. The van der Waals surface area contributed by atoms with Crippen molar-refractivity contribution in [1.29, 1.82) is 0 Å². The number of ether oxygens (including phenoxy) is 1. The molecule has 0 radical (unpaired) electrons. The van der Waals surface area contributed by atoms with Gasteiger partial charge >= 0.3 is 6.03 Å². The second-order valence-corrected chi connectivity index (χ2v) is 5.51. The van der Waals surface area contributed by atoms with Gasteiger partial charge in [0.2, 0.25) is 0 Å². The summed E-state index contributed by atoms with van der Waals surface area (Å²) in [7, 11) is 1.61. The van der Waals surface area contributed by atoms with Crippen molar-refractivity contribution in [2.24, 2.45) is 0 Å². The number of amides is 2. The van der Waals surface area contributed by atoms with E-state index in [0.717, 1.165) is 5.75 Å². The molecule has 0 saturated heterocycles. The number of carbonyl (C=O) groups excluding carboxylic acids is 1. The van der Waals surface area contributed by atoms with Crippen LogP contribution in [0, 0.1) is 0 Å². The van der Waals surface area contributed by atoms with Crippen LogP contribution in [0.2, 0.25) is 0 Å². The lowest BCUT2D eigenvalue weighted by molar-refractivity contribution is 0.239. The summed E-state index contributed by atoms with van der Waals surface area (Å²) in [6.07, 6.45) is 0.175. The van der Waals surface area contributed by atoms with Crippen LogP contribution in [0.25, 0.3) is 0 Å². The lowest BCUT2D eigenvalue weighted by Crippen LogP contribution is -2.40. The summed E-state index contributed by atoms with van der Waals surface area (Å²) in [5.74, 6) is 0.869. The van der Waals surface area contributed by atoms with Gasteiger partial charge in [-0.25, -0.2) is 4.79 Å². The minimum absolute atomic E-state index is 0.122. The number of carbonyl (C=O) groups is 1. The number of urea groups is 1. The topological polar surface area (TPSA) is 50.4 Å². The molecule has 0 aliphatic carbocycles. The third-order valence-electron chi connectivity index (χ3n) is 2.93. The quantitative estimate of drug-likeness (QED) is 0.859. The lowest BCUT2D eigenvalue weighted by Gasteiger charge is -2.26. The molecular formula is C15H24N2O2. The van der Waals surface area contributed by atoms with Gasteiger partial charge in [0.15, 0.2) is 0 Å². The Hall–Kier alpha value is -1.71. The molecule has 0 aliphatic heterocycles. The molecule has 4 nitrogen and oxygen atoms in total. The summed E-state index contributed by atoms with van der Waals surface area (Å²) in [5.41, 5.74) is 1.04. The van der Waals surface area contributed by atoms with Crippen LogP contribution in [-0.2, 0) is 5.41 Å². The molecule has 4 heteroatoms. The van der Waals surface area contributed by atoms with Crippen molar-refractivity contribution in [2.45, 2.75) is 39.2 Å². The molecule has 0 heterocycles. The summed E-state index contributed by atoms with van der Waals surface area (Å²) >= 11 is 0. The van der Waals surface area contributed by atoms with Gasteiger partial charge in [-0.05, 0) is 31.5 Å². The second kappa shape index (κ2) is 6.45. The second-order valence-electron chi connectivity index (χ2n) is 5.51. The molecule has 1 aromatic carbocycles. The van der Waals surface area contributed by atoms with Crippen LogP contribution in [0.5, 0.6) is 5.75 Å². The molecule has 0 bridgehead atoms. The SMILES string of the molecule is CNC(=O)NCC(C)(C)c1ccc(OC(C)C)cc1. The zero-order valence-corrected chi connectivity index (χ0v) is 12.4. The highest BCUT2D eigenvalue weighted by Gasteiger charge is 2.21. The van der Waals surface area contributed by atoms with Gasteiger partial charge < -0.3 is 15.4 Å². The molecule has 1 aromatic rings. The fraction of sp³-hybridized carbons (Fsp3) is 0.533. The Labute approximate surface area is 115 Å². The van der Waals surface area contributed by atoms with E-state index >= 15 is 0 Å². The minimum Gasteiger partial charge on any atom is -0.491 e. The van der Waals surface area contributed by atoms with Crippen molar-refractivity contribution >= 4 is 6.03 Å². The smallest absolute Gasteiger partial charge is 0.314 e. The Bertz CT molecular complexity index is 411. The molecule has 2 amide bonds. The third kappa shape index (κ3) is 4.81. The number of rotatable bonds is 5. The van der Waals surface area contributed by atoms with Crippen LogP contribution in [0.4, 0.5) is 4.79 Å². The fourth-order valence-corrected chi connectivity index (χ4v) is 1.75. The van der Waals surface area contributed by atoms with Crippen LogP contribution < -0.4 is 15.4 Å². The standard InChI is InChI=1S/C15H24N2O2/c1-11(2)19-13-8-6-12(7-9-13)15(3,4)10-17-14(18)16-5/h6-9,11H,10H2,1-5H3,(H2,16,17,18). The van der Waals surface area contributed by atoms with Crippen LogP contribution in [0.3, 0.4) is 0 Å². The first kappa shape index (κ1) is 15.3. The highest BCUT2D eigenvalue weighted by atomic mass is 16.5. The van der Waals surface area contributed by atoms with E-state index in [1.807, 2.05) is 38.1 Å². The molecule has 2 N–H and O–H groups in total. The van der Waals surface area contributed by atoms with Crippen molar-refractivity contribution in [1.82, 2.24) is 10.6 Å². The van der Waals surface area contributed by atoms with Crippen LogP contribution in [0.1, 0.15) is 33.3 Å². The van der Waals surface area contributed by atoms with Gasteiger partial charge in [0.1, 0.15) is 5.75 Å². The van der Waals surface area contributed by atoms with Gasteiger partial charge in [-0.3, -0.25) is 0 Å². The molecule has 1 rings (SSSR count). The van der Waals surface area contributed by atoms with E-state index in [1.54, 1.807) is 7.05 Å². The van der Waals surface area contributed by atoms with E-state index in [1.165, 1.54) is 5.56 Å². The van der Waals surface area contributed by atoms with E-state index in [-0.39, 0.29) is 17.6 Å². The summed E-state index contributed by atoms with van der Waals surface area (Å²) in [4.78, 5) is 11.2. The van der Waals surface area contributed by atoms with Crippen molar-refractivity contribution < 1.29 is 9.53 Å². The number of nitrogens with one attached hydrogen (secondary N) is 2. The summed E-state index contributed by atoms with van der Waals surface area (Å²) in [5, 5.41) is 5.39. The third-order valence-corrected chi connectivity index (χ3v) is 2.93. The van der Waals surface area contributed by atoms with Crippen molar-refractivity contribution in [2.75, 3.05) is 13.6 Å². The zero-order valence-electron chi connectivity index (χ0n) is 12.4. The van der Waals surface area contributed by atoms with Crippen molar-refractivity contribution in [3.63, 3.8) is 0 Å². The Morgan fingerprint density at radius 3 is 2.32 bits per heavy atom. The normalized spacial score (nSPS) is 11.3. The number of benzene rings is 1. The summed E-state index contributed by atoms with van der Waals surface area (Å²) < 4.78 is 5.62. The molecule has 106 valence electrons. The predicted molar refractivity (Wildman–Crippen MR) is 77.7 cm³/mol. The van der Waals surface area contributed by atoms with Gasteiger partial charge in [-0.1, -0.05) is 26.0 Å². The lowest BCUT2D eigenvalue weighted by atomic mass is 9.84. The Morgan fingerprint density at radius 1 is 1.26 bits per heavy atom. The predicted octanol–water partition coefficient (Wildman–Crippen LogP) is 2.68. The highest BCUT2D eigenvalue weighted by Crippen LogP contribution is 2.24.